The largest absolute Gasteiger partial charge is 0.374 e. The van der Waals surface area contributed by atoms with Crippen LogP contribution in [0.1, 0.15) is 19.3 Å². The van der Waals surface area contributed by atoms with Gasteiger partial charge in [-0.05, 0) is 53.1 Å². The molecule has 2 aliphatic heterocycles. The number of rotatable bonds is 4. The van der Waals surface area contributed by atoms with E-state index < -0.39 is 0 Å². The van der Waals surface area contributed by atoms with E-state index >= 15 is 0 Å². The van der Waals surface area contributed by atoms with Crippen molar-refractivity contribution in [1.29, 1.82) is 0 Å². The Bertz CT molecular complexity index is 515. The molecule has 1 aromatic rings. The number of benzene rings is 1. The zero-order valence-corrected chi connectivity index (χ0v) is 15.1. The van der Waals surface area contributed by atoms with Crippen LogP contribution in [0.2, 0.25) is 0 Å². The molecule has 3 rings (SSSR count). The van der Waals surface area contributed by atoms with Crippen molar-refractivity contribution in [3.05, 3.63) is 28.7 Å². The van der Waals surface area contributed by atoms with Gasteiger partial charge in [-0.1, -0.05) is 12.1 Å². The van der Waals surface area contributed by atoms with E-state index in [-0.39, 0.29) is 11.5 Å². The first-order chi connectivity index (χ1) is 10.2. The molecule has 21 heavy (non-hydrogen) atoms. The third-order valence-electron chi connectivity index (χ3n) is 4.22. The zero-order valence-electron chi connectivity index (χ0n) is 11.8. The van der Waals surface area contributed by atoms with Crippen molar-refractivity contribution in [1.82, 2.24) is 0 Å². The molecule has 2 nitrogen and oxygen atoms in total. The summed E-state index contributed by atoms with van der Waals surface area (Å²) >= 11 is 7.13. The number of thioether (sulfide) groups is 2. The molecule has 114 valence electrons. The maximum absolute atomic E-state index is 12.5. The predicted octanol–water partition coefficient (Wildman–Crippen LogP) is 4.41. The summed E-state index contributed by atoms with van der Waals surface area (Å²) in [7, 11) is 0. The van der Waals surface area contributed by atoms with Crippen molar-refractivity contribution in [2.75, 3.05) is 23.9 Å². The summed E-state index contributed by atoms with van der Waals surface area (Å²) in [5.41, 5.74) is 0.00123. The molecule has 0 bridgehead atoms. The Hall–Kier alpha value is 0.0300. The van der Waals surface area contributed by atoms with Gasteiger partial charge < -0.3 is 4.74 Å². The molecule has 1 aromatic carbocycles. The predicted molar refractivity (Wildman–Crippen MR) is 93.2 cm³/mol. The van der Waals surface area contributed by atoms with E-state index in [1.807, 2.05) is 30.0 Å². The van der Waals surface area contributed by atoms with Crippen molar-refractivity contribution in [2.45, 2.75) is 29.8 Å². The Morgan fingerprint density at radius 2 is 2.33 bits per heavy atom. The lowest BCUT2D eigenvalue weighted by Gasteiger charge is -2.37. The average Bonchev–Trinajstić information content (AvgIpc) is 2.94. The number of Topliss-reactive ketones (excluding diaryl/α,β-unsaturated/α-hetero) is 1. The summed E-state index contributed by atoms with van der Waals surface area (Å²) in [6.07, 6.45) is 2.93. The highest BCUT2D eigenvalue weighted by molar-refractivity contribution is 9.10. The highest BCUT2D eigenvalue weighted by atomic mass is 79.9. The normalized spacial score (nSPS) is 28.9. The van der Waals surface area contributed by atoms with Crippen LogP contribution in [0.4, 0.5) is 0 Å². The van der Waals surface area contributed by atoms with Gasteiger partial charge in [0.1, 0.15) is 5.78 Å². The van der Waals surface area contributed by atoms with Crippen molar-refractivity contribution in [2.24, 2.45) is 5.92 Å². The van der Waals surface area contributed by atoms with Gasteiger partial charge in [-0.25, -0.2) is 0 Å². The van der Waals surface area contributed by atoms with Crippen LogP contribution in [0.3, 0.4) is 0 Å². The Morgan fingerprint density at radius 3 is 3.10 bits per heavy atom. The van der Waals surface area contributed by atoms with Crippen LogP contribution >= 0.6 is 39.5 Å². The van der Waals surface area contributed by atoms with E-state index in [0.717, 1.165) is 41.0 Å². The van der Waals surface area contributed by atoms with Gasteiger partial charge in [-0.15, -0.1) is 11.8 Å². The monoisotopic (exact) mass is 386 g/mol. The van der Waals surface area contributed by atoms with Gasteiger partial charge in [-0.3, -0.25) is 4.79 Å². The van der Waals surface area contributed by atoms with Crippen LogP contribution in [0.25, 0.3) is 0 Å². The fourth-order valence-corrected chi connectivity index (χ4v) is 5.91. The number of carbonyl (C=O) groups is 1. The minimum atomic E-state index is 0.00123. The molecule has 2 heterocycles. The maximum Gasteiger partial charge on any atom is 0.146 e. The highest BCUT2D eigenvalue weighted by Crippen LogP contribution is 2.41. The number of ether oxygens (including phenoxy) is 1. The lowest BCUT2D eigenvalue weighted by atomic mass is 9.83. The summed E-state index contributed by atoms with van der Waals surface area (Å²) in [4.78, 5) is 13.7. The van der Waals surface area contributed by atoms with Crippen molar-refractivity contribution >= 4 is 45.2 Å². The SMILES string of the molecule is O=C(CSc1ccccc1Br)C1CCOC2(CCSC2)C1. The second kappa shape index (κ2) is 7.07. The fraction of sp³-hybridized carbons (Fsp3) is 0.562. The first kappa shape index (κ1) is 15.9. The molecular weight excluding hydrogens is 368 g/mol. The molecule has 0 amide bonds. The molecule has 2 unspecified atom stereocenters. The molecule has 0 aliphatic carbocycles. The van der Waals surface area contributed by atoms with Crippen LogP contribution in [-0.2, 0) is 9.53 Å². The zero-order chi connectivity index (χ0) is 14.7. The standard InChI is InChI=1S/C16H19BrO2S2/c17-13-3-1-2-4-15(13)21-10-14(18)12-5-7-19-16(9-12)6-8-20-11-16/h1-4,12H,5-11H2. The van der Waals surface area contributed by atoms with E-state index in [2.05, 4.69) is 22.0 Å². The third kappa shape index (κ3) is 3.87. The molecule has 5 heteroatoms. The molecule has 2 atom stereocenters. The number of halogens is 1. The summed E-state index contributed by atoms with van der Waals surface area (Å²) in [5.74, 6) is 3.37. The average molecular weight is 387 g/mol. The Balaban J connectivity index is 1.57. The van der Waals surface area contributed by atoms with Crippen LogP contribution in [-0.4, -0.2) is 35.2 Å². The van der Waals surface area contributed by atoms with Gasteiger partial charge in [0.05, 0.1) is 11.4 Å². The van der Waals surface area contributed by atoms with Gasteiger partial charge >= 0.3 is 0 Å². The smallest absolute Gasteiger partial charge is 0.146 e. The Labute approximate surface area is 142 Å². The Kier molecular flexibility index (Phi) is 5.36. The molecule has 0 N–H and O–H groups in total. The van der Waals surface area contributed by atoms with Gasteiger partial charge in [0.2, 0.25) is 0 Å². The van der Waals surface area contributed by atoms with Crippen LogP contribution in [0, 0.1) is 5.92 Å². The second-order valence-corrected chi connectivity index (χ2v) is 8.69. The lowest BCUT2D eigenvalue weighted by Crippen LogP contribution is -2.42. The van der Waals surface area contributed by atoms with Crippen molar-refractivity contribution in [3.63, 3.8) is 0 Å². The molecule has 0 saturated carbocycles. The molecule has 2 saturated heterocycles. The molecule has 2 aliphatic rings. The maximum atomic E-state index is 12.5. The minimum Gasteiger partial charge on any atom is -0.374 e. The van der Waals surface area contributed by atoms with Crippen molar-refractivity contribution < 1.29 is 9.53 Å². The summed E-state index contributed by atoms with van der Waals surface area (Å²) < 4.78 is 7.07. The topological polar surface area (TPSA) is 26.3 Å². The van der Waals surface area contributed by atoms with E-state index in [1.165, 1.54) is 5.75 Å². The molecule has 2 fully saturated rings. The molecule has 0 radical (unpaired) electrons. The van der Waals surface area contributed by atoms with Crippen LogP contribution in [0.15, 0.2) is 33.6 Å². The number of hydrogen-bond donors (Lipinski definition) is 0. The molecule has 0 aromatic heterocycles. The number of ketones is 1. The van der Waals surface area contributed by atoms with Crippen molar-refractivity contribution in [3.8, 4) is 0 Å². The van der Waals surface area contributed by atoms with E-state index in [9.17, 15) is 4.79 Å². The van der Waals surface area contributed by atoms with E-state index in [4.69, 9.17) is 4.74 Å². The number of carbonyl (C=O) groups excluding carboxylic acids is 1. The molecular formula is C16H19BrO2S2. The van der Waals surface area contributed by atoms with Gasteiger partial charge in [0, 0.05) is 27.6 Å². The quantitative estimate of drug-likeness (QED) is 0.715. The lowest BCUT2D eigenvalue weighted by molar-refractivity contribution is -0.131. The first-order valence-corrected chi connectivity index (χ1v) is 10.2. The first-order valence-electron chi connectivity index (χ1n) is 7.30. The van der Waals surface area contributed by atoms with Crippen LogP contribution < -0.4 is 0 Å². The van der Waals surface area contributed by atoms with Crippen LogP contribution in [0.5, 0.6) is 0 Å². The number of hydrogen-bond acceptors (Lipinski definition) is 4. The fourth-order valence-electron chi connectivity index (χ4n) is 2.99. The van der Waals surface area contributed by atoms with Gasteiger partial charge in [0.15, 0.2) is 0 Å². The Morgan fingerprint density at radius 1 is 1.48 bits per heavy atom. The van der Waals surface area contributed by atoms with E-state index in [1.54, 1.807) is 11.8 Å². The van der Waals surface area contributed by atoms with Gasteiger partial charge in [-0.2, -0.15) is 11.8 Å². The highest BCUT2D eigenvalue weighted by Gasteiger charge is 2.42. The third-order valence-corrected chi connectivity index (χ3v) is 7.49. The molecule has 1 spiro atoms. The summed E-state index contributed by atoms with van der Waals surface area (Å²) in [6, 6.07) is 8.08. The van der Waals surface area contributed by atoms with Gasteiger partial charge in [0.25, 0.3) is 0 Å². The second-order valence-electron chi connectivity index (χ2n) is 5.71. The minimum absolute atomic E-state index is 0.00123. The van der Waals surface area contributed by atoms with E-state index in [0.29, 0.717) is 11.5 Å². The summed E-state index contributed by atoms with van der Waals surface area (Å²) in [5, 5.41) is 0. The summed E-state index contributed by atoms with van der Waals surface area (Å²) in [6.45, 7) is 0.747.